The molecule has 0 saturated carbocycles. The number of esters is 1. The Morgan fingerprint density at radius 2 is 1.50 bits per heavy atom. The first kappa shape index (κ1) is 17.4. The van der Waals surface area contributed by atoms with Crippen molar-refractivity contribution in [1.82, 2.24) is 0 Å². The van der Waals surface area contributed by atoms with Gasteiger partial charge in [-0.1, -0.05) is 49.7 Å². The van der Waals surface area contributed by atoms with Gasteiger partial charge in [0.05, 0.1) is 23.3 Å². The molecule has 0 aromatic heterocycles. The second kappa shape index (κ2) is 6.02. The van der Waals surface area contributed by atoms with Gasteiger partial charge in [0.15, 0.2) is 0 Å². The molecule has 0 unspecified atom stereocenters. The topological polar surface area (TPSA) is 26.3 Å². The van der Waals surface area contributed by atoms with E-state index in [0.29, 0.717) is 0 Å². The van der Waals surface area contributed by atoms with E-state index >= 15 is 0 Å². The van der Waals surface area contributed by atoms with Crippen molar-refractivity contribution in [3.8, 4) is 0 Å². The van der Waals surface area contributed by atoms with E-state index in [1.807, 2.05) is 6.92 Å². The molecule has 0 N–H and O–H groups in total. The summed E-state index contributed by atoms with van der Waals surface area (Å²) in [5, 5.41) is 2.59. The molecule has 0 radical (unpaired) electrons. The molecule has 0 atom stereocenters. The van der Waals surface area contributed by atoms with Crippen LogP contribution in [0.3, 0.4) is 0 Å². The zero-order valence-corrected chi connectivity index (χ0v) is 15.2. The zero-order valence-electron chi connectivity index (χ0n) is 13.2. The molecule has 0 aromatic rings. The number of allylic oxidation sites excluding steroid dienone is 2. The van der Waals surface area contributed by atoms with Crippen molar-refractivity contribution < 1.29 is 9.53 Å². The van der Waals surface area contributed by atoms with Gasteiger partial charge in [-0.15, -0.1) is 6.58 Å². The fourth-order valence-electron chi connectivity index (χ4n) is 1.72. The Morgan fingerprint density at radius 3 is 1.78 bits per heavy atom. The zero-order chi connectivity index (χ0) is 14.7. The lowest BCUT2D eigenvalue weighted by Gasteiger charge is -2.28. The molecule has 0 amide bonds. The Hall–Kier alpha value is -0.616. The van der Waals surface area contributed by atoms with Crippen LogP contribution in [-0.4, -0.2) is 29.2 Å². The molecule has 0 rings (SSSR count). The summed E-state index contributed by atoms with van der Waals surface area (Å²) in [6.07, 6.45) is 0.867. The molecule has 0 aromatic carbocycles. The smallest absolute Gasteiger partial charge is 0.333 e. The number of hydrogen-bond acceptors (Lipinski definition) is 2. The molecule has 0 aliphatic rings. The van der Waals surface area contributed by atoms with Crippen LogP contribution in [0.1, 0.15) is 13.3 Å². The highest BCUT2D eigenvalue weighted by molar-refractivity contribution is 6.85. The van der Waals surface area contributed by atoms with Crippen LogP contribution in [0.5, 0.6) is 0 Å². The summed E-state index contributed by atoms with van der Waals surface area (Å²) in [5.74, 6) is -0.198. The SMILES string of the molecule is C=C(C/C(=C(\C)C(=O)OC)[Si](C)(C)C)[Si](C)(C)C. The van der Waals surface area contributed by atoms with Gasteiger partial charge in [-0.3, -0.25) is 0 Å². The maximum atomic E-state index is 11.8. The molecule has 18 heavy (non-hydrogen) atoms. The minimum absolute atomic E-state index is 0.198. The van der Waals surface area contributed by atoms with Crippen molar-refractivity contribution >= 4 is 22.1 Å². The lowest BCUT2D eigenvalue weighted by atomic mass is 10.2. The predicted molar refractivity (Wildman–Crippen MR) is 85.2 cm³/mol. The number of methoxy groups -OCH3 is 1. The Labute approximate surface area is 114 Å². The van der Waals surface area contributed by atoms with E-state index in [4.69, 9.17) is 4.74 Å². The molecule has 0 aliphatic heterocycles. The quantitative estimate of drug-likeness (QED) is 0.430. The van der Waals surface area contributed by atoms with Crippen LogP contribution in [0.25, 0.3) is 0 Å². The van der Waals surface area contributed by atoms with Crippen molar-refractivity contribution in [2.24, 2.45) is 0 Å². The monoisotopic (exact) mass is 284 g/mol. The average Bonchev–Trinajstić information content (AvgIpc) is 2.20. The summed E-state index contributed by atoms with van der Waals surface area (Å²) in [7, 11) is -1.44. The molecule has 104 valence electrons. The van der Waals surface area contributed by atoms with E-state index in [0.717, 1.165) is 12.0 Å². The van der Waals surface area contributed by atoms with Crippen LogP contribution >= 0.6 is 0 Å². The van der Waals surface area contributed by atoms with E-state index in [1.54, 1.807) is 0 Å². The van der Waals surface area contributed by atoms with Crippen molar-refractivity contribution in [3.05, 3.63) is 22.5 Å². The highest BCUT2D eigenvalue weighted by Crippen LogP contribution is 2.29. The van der Waals surface area contributed by atoms with Crippen LogP contribution in [-0.2, 0) is 9.53 Å². The molecule has 0 heterocycles. The van der Waals surface area contributed by atoms with Crippen molar-refractivity contribution in [3.63, 3.8) is 0 Å². The molecule has 0 bridgehead atoms. The lowest BCUT2D eigenvalue weighted by Crippen LogP contribution is -2.31. The number of ether oxygens (including phenoxy) is 1. The molecular formula is C14H28O2Si2. The highest BCUT2D eigenvalue weighted by atomic mass is 28.3. The first-order valence-corrected chi connectivity index (χ1v) is 13.4. The second-order valence-electron chi connectivity index (χ2n) is 6.88. The Kier molecular flexibility index (Phi) is 5.81. The summed E-state index contributed by atoms with van der Waals surface area (Å²) in [6, 6.07) is 0. The summed E-state index contributed by atoms with van der Waals surface area (Å²) in [6.45, 7) is 19.8. The van der Waals surface area contributed by atoms with Gasteiger partial charge in [-0.25, -0.2) is 4.79 Å². The molecule has 0 fully saturated rings. The highest BCUT2D eigenvalue weighted by Gasteiger charge is 2.28. The van der Waals surface area contributed by atoms with Crippen molar-refractivity contribution in [2.75, 3.05) is 7.11 Å². The van der Waals surface area contributed by atoms with Gasteiger partial charge in [0.2, 0.25) is 0 Å². The van der Waals surface area contributed by atoms with E-state index < -0.39 is 16.1 Å². The van der Waals surface area contributed by atoms with Crippen LogP contribution in [0.15, 0.2) is 22.5 Å². The Balaban J connectivity index is 5.44. The van der Waals surface area contributed by atoms with Crippen LogP contribution < -0.4 is 0 Å². The largest absolute Gasteiger partial charge is 0.466 e. The third-order valence-corrected chi connectivity index (χ3v) is 7.96. The number of carbonyl (C=O) groups excluding carboxylic acids is 1. The maximum absolute atomic E-state index is 11.8. The molecule has 0 spiro atoms. The van der Waals surface area contributed by atoms with Crippen molar-refractivity contribution in [2.45, 2.75) is 52.6 Å². The van der Waals surface area contributed by atoms with E-state index in [-0.39, 0.29) is 5.97 Å². The predicted octanol–water partition coefficient (Wildman–Crippen LogP) is 4.18. The maximum Gasteiger partial charge on any atom is 0.333 e. The molecule has 4 heteroatoms. The Bertz CT molecular complexity index is 368. The molecule has 2 nitrogen and oxygen atoms in total. The lowest BCUT2D eigenvalue weighted by molar-refractivity contribution is -0.136. The summed E-state index contributed by atoms with van der Waals surface area (Å²) < 4.78 is 4.86. The number of carbonyl (C=O) groups is 1. The molecule has 0 aliphatic carbocycles. The van der Waals surface area contributed by atoms with E-state index in [9.17, 15) is 4.79 Å². The first-order valence-electron chi connectivity index (χ1n) is 6.38. The van der Waals surface area contributed by atoms with Gasteiger partial charge in [-0.05, 0) is 13.3 Å². The molecular weight excluding hydrogens is 256 g/mol. The van der Waals surface area contributed by atoms with E-state index in [1.165, 1.54) is 17.5 Å². The second-order valence-corrected chi connectivity index (χ2v) is 17.2. The van der Waals surface area contributed by atoms with Gasteiger partial charge in [0, 0.05) is 5.57 Å². The van der Waals surface area contributed by atoms with Gasteiger partial charge in [0.25, 0.3) is 0 Å². The van der Waals surface area contributed by atoms with Gasteiger partial charge in [0.1, 0.15) is 0 Å². The van der Waals surface area contributed by atoms with Crippen LogP contribution in [0.2, 0.25) is 39.3 Å². The summed E-state index contributed by atoms with van der Waals surface area (Å²) >= 11 is 0. The minimum atomic E-state index is -1.53. The normalized spacial score (nSPS) is 14.0. The Morgan fingerprint density at radius 1 is 1.06 bits per heavy atom. The van der Waals surface area contributed by atoms with Crippen LogP contribution in [0, 0.1) is 0 Å². The number of hydrogen-bond donors (Lipinski definition) is 0. The van der Waals surface area contributed by atoms with Crippen LogP contribution in [0.4, 0.5) is 0 Å². The number of rotatable bonds is 5. The summed E-state index contributed by atoms with van der Waals surface area (Å²) in [5.41, 5.74) is 0.788. The average molecular weight is 285 g/mol. The first-order chi connectivity index (χ1) is 7.91. The van der Waals surface area contributed by atoms with Gasteiger partial charge in [-0.2, -0.15) is 0 Å². The fourth-order valence-corrected chi connectivity index (χ4v) is 4.57. The van der Waals surface area contributed by atoms with E-state index in [2.05, 4.69) is 45.9 Å². The fraction of sp³-hybridized carbons (Fsp3) is 0.643. The van der Waals surface area contributed by atoms with Crippen molar-refractivity contribution in [1.29, 1.82) is 0 Å². The minimum Gasteiger partial charge on any atom is -0.466 e. The van der Waals surface area contributed by atoms with Gasteiger partial charge < -0.3 is 4.74 Å². The third-order valence-electron chi connectivity index (χ3n) is 3.30. The third kappa shape index (κ3) is 4.94. The summed E-state index contributed by atoms with van der Waals surface area (Å²) in [4.78, 5) is 11.8. The molecule has 0 saturated heterocycles. The van der Waals surface area contributed by atoms with Gasteiger partial charge >= 0.3 is 5.97 Å². The standard InChI is InChI=1S/C14H28O2Si2/c1-11(17(4,5)6)10-13(18(7,8)9)12(2)14(15)16-3/h1,10H2,2-9H3/b13-12-.